The standard InChI is InChI=1S/C15H14FNO3/c1-10-5-11(3-4-13(10)16)7-17-8-15(20-2)14(19)6-12(17)9-18/h3-6,8-9H,7H2,1-2H3. The first kappa shape index (κ1) is 14.0. The molecule has 0 unspecified atom stereocenters. The lowest BCUT2D eigenvalue weighted by atomic mass is 10.1. The molecule has 0 aliphatic rings. The normalized spacial score (nSPS) is 10.3. The van der Waals surface area contributed by atoms with Crippen molar-refractivity contribution in [3.63, 3.8) is 0 Å². The molecule has 0 aliphatic heterocycles. The fraction of sp³-hybridized carbons (Fsp3) is 0.200. The van der Waals surface area contributed by atoms with E-state index in [9.17, 15) is 14.0 Å². The molecule has 2 rings (SSSR count). The highest BCUT2D eigenvalue weighted by Crippen LogP contribution is 2.13. The number of benzene rings is 1. The molecule has 1 aromatic heterocycles. The van der Waals surface area contributed by atoms with Crippen molar-refractivity contribution in [1.82, 2.24) is 4.57 Å². The number of hydrogen-bond acceptors (Lipinski definition) is 3. The highest BCUT2D eigenvalue weighted by Gasteiger charge is 2.08. The molecule has 1 heterocycles. The van der Waals surface area contributed by atoms with Gasteiger partial charge in [-0.2, -0.15) is 0 Å². The van der Waals surface area contributed by atoms with E-state index < -0.39 is 0 Å². The maximum absolute atomic E-state index is 13.2. The van der Waals surface area contributed by atoms with Gasteiger partial charge in [0.05, 0.1) is 19.0 Å². The van der Waals surface area contributed by atoms with E-state index >= 15 is 0 Å². The number of ether oxygens (including phenoxy) is 1. The number of rotatable bonds is 4. The molecule has 0 amide bonds. The Labute approximate surface area is 115 Å². The number of aryl methyl sites for hydroxylation is 1. The second-order valence-electron chi connectivity index (χ2n) is 4.46. The van der Waals surface area contributed by atoms with E-state index in [1.807, 2.05) is 0 Å². The zero-order valence-corrected chi connectivity index (χ0v) is 11.2. The summed E-state index contributed by atoms with van der Waals surface area (Å²) in [6, 6.07) is 5.95. The van der Waals surface area contributed by atoms with E-state index in [0.717, 1.165) is 5.56 Å². The Bertz CT molecular complexity index is 707. The molecule has 0 fully saturated rings. The number of carbonyl (C=O) groups is 1. The third-order valence-electron chi connectivity index (χ3n) is 3.04. The minimum absolute atomic E-state index is 0.162. The smallest absolute Gasteiger partial charge is 0.224 e. The number of pyridine rings is 1. The topological polar surface area (TPSA) is 48.3 Å². The predicted molar refractivity (Wildman–Crippen MR) is 72.9 cm³/mol. The third kappa shape index (κ3) is 2.77. The predicted octanol–water partition coefficient (Wildman–Crippen LogP) is 2.17. The van der Waals surface area contributed by atoms with Crippen LogP contribution < -0.4 is 10.2 Å². The van der Waals surface area contributed by atoms with Crippen LogP contribution >= 0.6 is 0 Å². The van der Waals surface area contributed by atoms with Gasteiger partial charge in [-0.15, -0.1) is 0 Å². The maximum Gasteiger partial charge on any atom is 0.224 e. The van der Waals surface area contributed by atoms with Gasteiger partial charge in [-0.3, -0.25) is 9.59 Å². The number of methoxy groups -OCH3 is 1. The lowest BCUT2D eigenvalue weighted by Crippen LogP contribution is -2.14. The molecule has 20 heavy (non-hydrogen) atoms. The highest BCUT2D eigenvalue weighted by atomic mass is 19.1. The lowest BCUT2D eigenvalue weighted by Gasteiger charge is -2.12. The summed E-state index contributed by atoms with van der Waals surface area (Å²) >= 11 is 0. The van der Waals surface area contributed by atoms with Crippen molar-refractivity contribution < 1.29 is 13.9 Å². The Balaban J connectivity index is 2.43. The SMILES string of the molecule is COc1cn(Cc2ccc(F)c(C)c2)c(C=O)cc1=O. The van der Waals surface area contributed by atoms with Gasteiger partial charge in [0.15, 0.2) is 12.0 Å². The van der Waals surface area contributed by atoms with E-state index in [0.29, 0.717) is 18.4 Å². The molecule has 0 saturated carbocycles. The van der Waals surface area contributed by atoms with E-state index in [-0.39, 0.29) is 22.7 Å². The van der Waals surface area contributed by atoms with Gasteiger partial charge < -0.3 is 9.30 Å². The Morgan fingerprint density at radius 1 is 1.35 bits per heavy atom. The minimum atomic E-state index is -0.346. The fourth-order valence-electron chi connectivity index (χ4n) is 1.96. The first-order valence-corrected chi connectivity index (χ1v) is 6.04. The lowest BCUT2D eigenvalue weighted by molar-refractivity contribution is 0.111. The van der Waals surface area contributed by atoms with Gasteiger partial charge in [-0.25, -0.2) is 4.39 Å². The van der Waals surface area contributed by atoms with Crippen molar-refractivity contribution in [2.75, 3.05) is 7.11 Å². The molecule has 0 saturated heterocycles. The van der Waals surface area contributed by atoms with Crippen molar-refractivity contribution in [2.45, 2.75) is 13.5 Å². The van der Waals surface area contributed by atoms with Crippen LogP contribution in [0.25, 0.3) is 0 Å². The summed E-state index contributed by atoms with van der Waals surface area (Å²) in [6.07, 6.45) is 2.09. The largest absolute Gasteiger partial charge is 0.491 e. The van der Waals surface area contributed by atoms with Crippen molar-refractivity contribution >= 4 is 6.29 Å². The highest BCUT2D eigenvalue weighted by molar-refractivity contribution is 5.72. The van der Waals surface area contributed by atoms with Crippen LogP contribution in [0.4, 0.5) is 4.39 Å². The molecule has 104 valence electrons. The minimum Gasteiger partial charge on any atom is -0.491 e. The van der Waals surface area contributed by atoms with Gasteiger partial charge in [0.1, 0.15) is 5.82 Å². The number of aldehydes is 1. The molecule has 0 atom stereocenters. The molecule has 2 aromatic rings. The second kappa shape index (κ2) is 5.69. The monoisotopic (exact) mass is 275 g/mol. The van der Waals surface area contributed by atoms with Crippen LogP contribution in [-0.2, 0) is 6.54 Å². The van der Waals surface area contributed by atoms with Crippen molar-refractivity contribution in [3.8, 4) is 5.75 Å². The van der Waals surface area contributed by atoms with Gasteiger partial charge in [0.25, 0.3) is 0 Å². The molecule has 0 bridgehead atoms. The van der Waals surface area contributed by atoms with Crippen molar-refractivity contribution in [3.05, 3.63) is 63.3 Å². The van der Waals surface area contributed by atoms with E-state index in [1.165, 1.54) is 25.4 Å². The number of halogens is 1. The summed E-state index contributed by atoms with van der Waals surface area (Å²) in [7, 11) is 1.39. The van der Waals surface area contributed by atoms with E-state index in [4.69, 9.17) is 4.74 Å². The van der Waals surface area contributed by atoms with Crippen molar-refractivity contribution in [2.24, 2.45) is 0 Å². The summed E-state index contributed by atoms with van der Waals surface area (Å²) in [6.45, 7) is 2.03. The molecule has 5 heteroatoms. The Morgan fingerprint density at radius 2 is 2.10 bits per heavy atom. The van der Waals surface area contributed by atoms with Gasteiger partial charge >= 0.3 is 0 Å². The molecule has 1 aromatic carbocycles. The molecular formula is C15H14FNO3. The van der Waals surface area contributed by atoms with Crippen LogP contribution in [0.5, 0.6) is 5.75 Å². The molecule has 0 aliphatic carbocycles. The van der Waals surface area contributed by atoms with Gasteiger partial charge in [-0.1, -0.05) is 12.1 Å². The number of aromatic nitrogens is 1. The molecule has 4 nitrogen and oxygen atoms in total. The average Bonchev–Trinajstić information content (AvgIpc) is 2.44. The van der Waals surface area contributed by atoms with Crippen LogP contribution in [0, 0.1) is 12.7 Å². The summed E-state index contributed by atoms with van der Waals surface area (Å²) in [5, 5.41) is 0. The van der Waals surface area contributed by atoms with Crippen LogP contribution in [0.2, 0.25) is 0 Å². The van der Waals surface area contributed by atoms with Crippen LogP contribution in [0.3, 0.4) is 0 Å². The van der Waals surface area contributed by atoms with Gasteiger partial charge in [0.2, 0.25) is 5.43 Å². The number of hydrogen-bond donors (Lipinski definition) is 0. The second-order valence-corrected chi connectivity index (χ2v) is 4.46. The average molecular weight is 275 g/mol. The number of nitrogens with zero attached hydrogens (tertiary/aromatic N) is 1. The number of carbonyl (C=O) groups excluding carboxylic acids is 1. The molecule has 0 spiro atoms. The Hall–Kier alpha value is -2.43. The zero-order valence-electron chi connectivity index (χ0n) is 11.2. The summed E-state index contributed by atoms with van der Waals surface area (Å²) in [4.78, 5) is 22.6. The Kier molecular flexibility index (Phi) is 3.98. The summed E-state index contributed by atoms with van der Waals surface area (Å²) in [5.41, 5.74) is 1.26. The summed E-state index contributed by atoms with van der Waals surface area (Å²) < 4.78 is 19.8. The molecular weight excluding hydrogens is 261 g/mol. The van der Waals surface area contributed by atoms with Crippen LogP contribution in [0.1, 0.15) is 21.6 Å². The third-order valence-corrected chi connectivity index (χ3v) is 3.04. The first-order valence-electron chi connectivity index (χ1n) is 6.04. The zero-order chi connectivity index (χ0) is 14.7. The van der Waals surface area contributed by atoms with Crippen LogP contribution in [-0.4, -0.2) is 18.0 Å². The maximum atomic E-state index is 13.2. The molecule has 0 radical (unpaired) electrons. The summed E-state index contributed by atoms with van der Waals surface area (Å²) in [5.74, 6) is -0.115. The van der Waals surface area contributed by atoms with E-state index in [2.05, 4.69) is 0 Å². The van der Waals surface area contributed by atoms with Crippen molar-refractivity contribution in [1.29, 1.82) is 0 Å². The van der Waals surface area contributed by atoms with Crippen LogP contribution in [0.15, 0.2) is 35.3 Å². The quantitative estimate of drug-likeness (QED) is 0.803. The van der Waals surface area contributed by atoms with Gasteiger partial charge in [0, 0.05) is 12.6 Å². The van der Waals surface area contributed by atoms with Gasteiger partial charge in [-0.05, 0) is 24.1 Å². The Morgan fingerprint density at radius 3 is 2.70 bits per heavy atom. The fourth-order valence-corrected chi connectivity index (χ4v) is 1.96. The van der Waals surface area contributed by atoms with E-state index in [1.54, 1.807) is 23.6 Å². The molecule has 0 N–H and O–H groups in total. The first-order chi connectivity index (χ1) is 9.55.